The normalized spacial score (nSPS) is 29.0. The van der Waals surface area contributed by atoms with Crippen molar-refractivity contribution in [2.24, 2.45) is 11.8 Å². The van der Waals surface area contributed by atoms with Crippen molar-refractivity contribution in [3.8, 4) is 5.75 Å². The molecule has 6 atom stereocenters. The number of aliphatic hydroxyl groups excluding tert-OH is 1. The number of nitrogens with one attached hydrogen (secondary N) is 2. The molecule has 47 heavy (non-hydrogen) atoms. The van der Waals surface area contributed by atoms with Crippen LogP contribution < -0.4 is 20.3 Å². The highest BCUT2D eigenvalue weighted by Crippen LogP contribution is 2.60. The van der Waals surface area contributed by atoms with Gasteiger partial charge in [-0.2, -0.15) is 0 Å². The second kappa shape index (κ2) is 13.3. The van der Waals surface area contributed by atoms with Crippen LogP contribution in [0.5, 0.6) is 5.75 Å². The molecule has 12 heteroatoms. The molecule has 3 saturated heterocycles. The summed E-state index contributed by atoms with van der Waals surface area (Å²) in [4.78, 5) is 56.1. The van der Waals surface area contributed by atoms with Crippen molar-refractivity contribution in [1.29, 1.82) is 0 Å². The summed E-state index contributed by atoms with van der Waals surface area (Å²) >= 11 is 0. The lowest BCUT2D eigenvalue weighted by atomic mass is 9.82. The summed E-state index contributed by atoms with van der Waals surface area (Å²) in [5.41, 5.74) is 1.16. The summed E-state index contributed by atoms with van der Waals surface area (Å²) in [6.45, 7) is 8.03. The molecule has 4 N–H and O–H groups in total. The average molecular weight is 665 g/mol. The van der Waals surface area contributed by atoms with E-state index < -0.39 is 31.5 Å². The van der Waals surface area contributed by atoms with Crippen LogP contribution in [0, 0.1) is 11.8 Å². The third-order valence-electron chi connectivity index (χ3n) is 10.7. The van der Waals surface area contributed by atoms with Crippen LogP contribution in [-0.2, 0) is 31.3 Å². The lowest BCUT2D eigenvalue weighted by molar-refractivity contribution is -0.150. The number of carbonyl (C=O) groups is 3. The Kier molecular flexibility index (Phi) is 9.52. The predicted octanol–water partition coefficient (Wildman–Crippen LogP) is 3.35. The van der Waals surface area contributed by atoms with Gasteiger partial charge in [0.05, 0.1) is 50.4 Å². The summed E-state index contributed by atoms with van der Waals surface area (Å²) in [5, 5.41) is 16.1. The van der Waals surface area contributed by atoms with Crippen LogP contribution >= 0.6 is 0 Å². The number of amides is 3. The van der Waals surface area contributed by atoms with Crippen LogP contribution in [0.15, 0.2) is 42.5 Å². The first-order valence-electron chi connectivity index (χ1n) is 16.9. The maximum Gasteiger partial charge on any atom is 0.264 e. The SMILES string of the molecule is COc1ccc2c(c1)[C@@]1(O[C@H](CC(=O)N3CCC[C@H]3CO)[C@@H]([Si](C)(C)O)[C@@H]1C)C(=O)N2Cc1ccc(NC(=O)C2CCCNC2)cc1. The number of hydrogen-bond acceptors (Lipinski definition) is 8. The van der Waals surface area contributed by atoms with Crippen LogP contribution in [0.4, 0.5) is 11.4 Å². The molecule has 4 heterocycles. The molecule has 6 rings (SSSR count). The molecule has 3 amide bonds. The predicted molar refractivity (Wildman–Crippen MR) is 180 cm³/mol. The van der Waals surface area contributed by atoms with Gasteiger partial charge in [0.25, 0.3) is 5.91 Å². The fraction of sp³-hybridized carbons (Fsp3) is 0.571. The smallest absolute Gasteiger partial charge is 0.264 e. The van der Waals surface area contributed by atoms with Gasteiger partial charge in [0.1, 0.15) is 5.75 Å². The van der Waals surface area contributed by atoms with Gasteiger partial charge in [-0.15, -0.1) is 0 Å². The first-order chi connectivity index (χ1) is 22.5. The topological polar surface area (TPSA) is 141 Å². The van der Waals surface area contributed by atoms with E-state index in [1.54, 1.807) is 16.9 Å². The largest absolute Gasteiger partial charge is 0.497 e. The Bertz CT molecular complexity index is 1490. The molecule has 0 aliphatic carbocycles. The number of benzene rings is 2. The maximum absolute atomic E-state index is 14.7. The Morgan fingerprint density at radius 1 is 1.15 bits per heavy atom. The summed E-state index contributed by atoms with van der Waals surface area (Å²) < 4.78 is 12.4. The Labute approximate surface area is 277 Å². The maximum atomic E-state index is 14.7. The number of rotatable bonds is 9. The van der Waals surface area contributed by atoms with Gasteiger partial charge in [-0.25, -0.2) is 0 Å². The molecule has 0 aromatic heterocycles. The van der Waals surface area contributed by atoms with E-state index in [0.717, 1.165) is 37.8 Å². The molecule has 4 aliphatic heterocycles. The highest BCUT2D eigenvalue weighted by molar-refractivity contribution is 6.71. The van der Waals surface area contributed by atoms with E-state index in [-0.39, 0.29) is 49.3 Å². The lowest BCUT2D eigenvalue weighted by Crippen LogP contribution is -2.46. The monoisotopic (exact) mass is 664 g/mol. The van der Waals surface area contributed by atoms with Crippen molar-refractivity contribution in [3.05, 3.63) is 53.6 Å². The van der Waals surface area contributed by atoms with Crippen LogP contribution in [0.3, 0.4) is 0 Å². The Hall–Kier alpha value is -3.29. The number of hydrogen-bond donors (Lipinski definition) is 4. The van der Waals surface area contributed by atoms with E-state index in [4.69, 9.17) is 9.47 Å². The molecule has 1 spiro atoms. The number of likely N-dealkylation sites (tertiary alicyclic amines) is 1. The summed E-state index contributed by atoms with van der Waals surface area (Å²) in [6, 6.07) is 12.9. The van der Waals surface area contributed by atoms with Crippen molar-refractivity contribution >= 4 is 37.4 Å². The third kappa shape index (κ3) is 6.22. The Balaban J connectivity index is 1.28. The molecule has 3 fully saturated rings. The van der Waals surface area contributed by atoms with Crippen molar-refractivity contribution in [1.82, 2.24) is 10.2 Å². The van der Waals surface area contributed by atoms with E-state index in [9.17, 15) is 24.3 Å². The second-order valence-electron chi connectivity index (χ2n) is 14.1. The standard InChI is InChI=1S/C35H48N4O7Si/c1-22-32(47(3,4)44)30(18-31(41)38-16-6-8-26(38)21-40)46-35(22)28-17-27(45-2)13-14-29(28)39(34(35)43)20-23-9-11-25(12-10-23)37-33(42)24-7-5-15-36-19-24/h9-14,17,22,24,26,30,32,36,40,44H,5-8,15-16,18-21H2,1-4H3,(H,37,42)/t22-,24?,26-,30+,32-,35+/m0/s1. The highest BCUT2D eigenvalue weighted by Gasteiger charge is 2.66. The van der Waals surface area contributed by atoms with Crippen molar-refractivity contribution < 1.29 is 33.8 Å². The number of nitrogens with zero attached hydrogens (tertiary/aromatic N) is 2. The van der Waals surface area contributed by atoms with Gasteiger partial charge in [-0.3, -0.25) is 14.4 Å². The first-order valence-corrected chi connectivity index (χ1v) is 19.9. The number of fused-ring (bicyclic) bond motifs is 2. The van der Waals surface area contributed by atoms with Crippen molar-refractivity contribution in [2.75, 3.05) is 43.6 Å². The van der Waals surface area contributed by atoms with Crippen LogP contribution in [0.2, 0.25) is 18.6 Å². The number of methoxy groups -OCH3 is 1. The molecule has 4 aliphatic rings. The van der Waals surface area contributed by atoms with E-state index in [2.05, 4.69) is 10.6 Å². The van der Waals surface area contributed by atoms with Crippen molar-refractivity contribution in [2.45, 2.75) is 82.0 Å². The second-order valence-corrected chi connectivity index (χ2v) is 18.1. The molecule has 0 saturated carbocycles. The van der Waals surface area contributed by atoms with E-state index >= 15 is 0 Å². The van der Waals surface area contributed by atoms with Gasteiger partial charge in [0.2, 0.25) is 11.8 Å². The molecule has 254 valence electrons. The van der Waals surface area contributed by atoms with Gasteiger partial charge in [0, 0.05) is 35.8 Å². The summed E-state index contributed by atoms with van der Waals surface area (Å²) in [7, 11) is -1.38. The minimum Gasteiger partial charge on any atom is -0.497 e. The van der Waals surface area contributed by atoms with E-state index in [1.807, 2.05) is 62.5 Å². The average Bonchev–Trinajstić information content (AvgIpc) is 3.72. The Morgan fingerprint density at radius 2 is 1.91 bits per heavy atom. The number of piperidine rings is 1. The molecule has 2 aromatic rings. The van der Waals surface area contributed by atoms with Gasteiger partial charge < -0.3 is 39.8 Å². The fourth-order valence-corrected chi connectivity index (χ4v) is 10.9. The molecular formula is C35H48N4O7Si. The molecule has 0 radical (unpaired) electrons. The van der Waals surface area contributed by atoms with Crippen LogP contribution in [0.1, 0.15) is 50.2 Å². The van der Waals surface area contributed by atoms with Gasteiger partial charge in [-0.1, -0.05) is 19.1 Å². The van der Waals surface area contributed by atoms with Gasteiger partial charge in [-0.05, 0) is 81.2 Å². The molecule has 11 nitrogen and oxygen atoms in total. The number of aliphatic hydroxyl groups is 1. The van der Waals surface area contributed by atoms with Gasteiger partial charge in [0.15, 0.2) is 13.9 Å². The summed E-state index contributed by atoms with van der Waals surface area (Å²) in [6.07, 6.45) is 2.79. The zero-order valence-electron chi connectivity index (χ0n) is 27.8. The third-order valence-corrected chi connectivity index (χ3v) is 13.2. The molecular weight excluding hydrogens is 616 g/mol. The minimum absolute atomic E-state index is 0.00594. The minimum atomic E-state index is -2.96. The molecule has 0 bridgehead atoms. The van der Waals surface area contributed by atoms with Crippen LogP contribution in [-0.4, -0.2) is 86.3 Å². The molecule has 1 unspecified atom stereocenters. The fourth-order valence-electron chi connectivity index (χ4n) is 8.38. The quantitative estimate of drug-likeness (QED) is 0.300. The zero-order chi connectivity index (χ0) is 33.5. The lowest BCUT2D eigenvalue weighted by Gasteiger charge is -2.33. The number of anilines is 2. The van der Waals surface area contributed by atoms with Crippen molar-refractivity contribution in [3.63, 3.8) is 0 Å². The van der Waals surface area contributed by atoms with Crippen LogP contribution in [0.25, 0.3) is 0 Å². The Morgan fingerprint density at radius 3 is 2.57 bits per heavy atom. The first kappa shape index (κ1) is 33.6. The number of ether oxygens (including phenoxy) is 2. The highest BCUT2D eigenvalue weighted by atomic mass is 28.4. The molecule has 2 aromatic carbocycles. The van der Waals surface area contributed by atoms with E-state index in [1.165, 1.54) is 0 Å². The van der Waals surface area contributed by atoms with E-state index in [0.29, 0.717) is 35.8 Å². The number of carbonyl (C=O) groups excluding carboxylic acids is 3. The zero-order valence-corrected chi connectivity index (χ0v) is 28.8. The van der Waals surface area contributed by atoms with Gasteiger partial charge >= 0.3 is 0 Å². The summed E-state index contributed by atoms with van der Waals surface area (Å²) in [5.74, 6) is -0.241.